The monoisotopic (exact) mass is 346 g/mol. The molecule has 134 valence electrons. The van der Waals surface area contributed by atoms with Crippen LogP contribution >= 0.6 is 0 Å². The maximum Gasteiger partial charge on any atom is 0.326 e. The summed E-state index contributed by atoms with van der Waals surface area (Å²) in [5.74, 6) is -4.38. The predicted molar refractivity (Wildman–Crippen MR) is 77.9 cm³/mol. The lowest BCUT2D eigenvalue weighted by Gasteiger charge is -2.18. The zero-order valence-corrected chi connectivity index (χ0v) is 12.8. The molecule has 24 heavy (non-hydrogen) atoms. The lowest BCUT2D eigenvalue weighted by atomic mass is 10.1. The topological polar surface area (TPSA) is 191 Å². The Morgan fingerprint density at radius 3 is 1.96 bits per heavy atom. The third-order valence-electron chi connectivity index (χ3n) is 2.88. The number of nitrogens with one attached hydrogen (secondary N) is 3. The summed E-state index contributed by atoms with van der Waals surface area (Å²) in [6.07, 6.45) is -1.26. The Morgan fingerprint density at radius 1 is 0.958 bits per heavy atom. The molecule has 0 aliphatic carbocycles. The molecule has 0 aliphatic rings. The Bertz CT molecular complexity index is 521. The number of hydrogen-bond acceptors (Lipinski definition) is 6. The second-order valence-electron chi connectivity index (χ2n) is 4.63. The molecule has 0 aliphatic heterocycles. The van der Waals surface area contributed by atoms with Gasteiger partial charge in [-0.2, -0.15) is 0 Å². The SMILES string of the molecule is CNC(=O)CC[C@H](NC(=O)NC(CCC(=O)O)C(=O)O)C(=O)N=O. The van der Waals surface area contributed by atoms with Crippen LogP contribution in [0.5, 0.6) is 0 Å². The van der Waals surface area contributed by atoms with Gasteiger partial charge < -0.3 is 26.2 Å². The maximum atomic E-state index is 11.7. The minimum atomic E-state index is -1.50. The number of hydrogen-bond donors (Lipinski definition) is 5. The van der Waals surface area contributed by atoms with Crippen molar-refractivity contribution in [3.05, 3.63) is 4.91 Å². The van der Waals surface area contributed by atoms with Crippen molar-refractivity contribution in [2.24, 2.45) is 5.18 Å². The molecule has 5 N–H and O–H groups in total. The van der Waals surface area contributed by atoms with Crippen molar-refractivity contribution in [2.45, 2.75) is 37.8 Å². The number of rotatable bonds is 10. The van der Waals surface area contributed by atoms with E-state index in [1.54, 1.807) is 0 Å². The first-order valence-electron chi connectivity index (χ1n) is 6.80. The van der Waals surface area contributed by atoms with E-state index >= 15 is 0 Å². The summed E-state index contributed by atoms with van der Waals surface area (Å²) in [4.78, 5) is 65.9. The summed E-state index contributed by atoms with van der Waals surface area (Å²) >= 11 is 0. The molecular formula is C12H18N4O8. The van der Waals surface area contributed by atoms with E-state index in [9.17, 15) is 28.9 Å². The Hall–Kier alpha value is -3.05. The van der Waals surface area contributed by atoms with E-state index in [1.807, 2.05) is 10.6 Å². The van der Waals surface area contributed by atoms with Gasteiger partial charge in [0.05, 0.1) is 0 Å². The van der Waals surface area contributed by atoms with E-state index < -0.39 is 48.3 Å². The first kappa shape index (κ1) is 20.9. The summed E-state index contributed by atoms with van der Waals surface area (Å²) in [6, 6.07) is -4.01. The quantitative estimate of drug-likeness (QED) is 0.304. The third-order valence-corrected chi connectivity index (χ3v) is 2.88. The molecule has 0 radical (unpaired) electrons. The number of carboxylic acids is 2. The molecule has 0 bridgehead atoms. The lowest BCUT2D eigenvalue weighted by molar-refractivity contribution is -0.140. The highest BCUT2D eigenvalue weighted by atomic mass is 16.4. The molecule has 0 fully saturated rings. The largest absolute Gasteiger partial charge is 0.481 e. The second kappa shape index (κ2) is 10.6. The van der Waals surface area contributed by atoms with Gasteiger partial charge in [0.2, 0.25) is 5.91 Å². The third kappa shape index (κ3) is 8.41. The molecule has 0 rings (SSSR count). The van der Waals surface area contributed by atoms with Crippen LogP contribution in [0, 0.1) is 4.91 Å². The number of amides is 4. The van der Waals surface area contributed by atoms with Gasteiger partial charge in [-0.3, -0.25) is 14.4 Å². The molecule has 0 aromatic carbocycles. The van der Waals surface area contributed by atoms with Crippen LogP contribution in [0.15, 0.2) is 5.18 Å². The van der Waals surface area contributed by atoms with Crippen molar-refractivity contribution in [2.75, 3.05) is 7.05 Å². The Kier molecular flexibility index (Phi) is 9.29. The zero-order valence-electron chi connectivity index (χ0n) is 12.8. The summed E-state index contributed by atoms with van der Waals surface area (Å²) < 4.78 is 0. The molecule has 4 amide bonds. The van der Waals surface area contributed by atoms with E-state index in [-0.39, 0.29) is 19.3 Å². The van der Waals surface area contributed by atoms with Crippen molar-refractivity contribution >= 4 is 29.8 Å². The van der Waals surface area contributed by atoms with Gasteiger partial charge >= 0.3 is 23.9 Å². The van der Waals surface area contributed by atoms with E-state index in [0.29, 0.717) is 0 Å². The first-order valence-corrected chi connectivity index (χ1v) is 6.80. The molecular weight excluding hydrogens is 328 g/mol. The lowest BCUT2D eigenvalue weighted by Crippen LogP contribution is -2.51. The van der Waals surface area contributed by atoms with Crippen LogP contribution in [0.4, 0.5) is 4.79 Å². The summed E-state index contributed by atoms with van der Waals surface area (Å²) in [5, 5.41) is 25.9. The van der Waals surface area contributed by atoms with E-state index in [0.717, 1.165) is 0 Å². The molecule has 0 aromatic heterocycles. The summed E-state index contributed by atoms with van der Waals surface area (Å²) in [6.45, 7) is 0. The fraction of sp³-hybridized carbons (Fsp3) is 0.583. The highest BCUT2D eigenvalue weighted by Crippen LogP contribution is 2.02. The average Bonchev–Trinajstić information content (AvgIpc) is 2.53. The van der Waals surface area contributed by atoms with Crippen LogP contribution in [-0.2, 0) is 19.2 Å². The highest BCUT2D eigenvalue weighted by molar-refractivity contribution is 5.89. The molecule has 2 atom stereocenters. The Labute approximate surface area is 135 Å². The van der Waals surface area contributed by atoms with Crippen LogP contribution in [0.1, 0.15) is 25.7 Å². The molecule has 12 heteroatoms. The average molecular weight is 346 g/mol. The van der Waals surface area contributed by atoms with E-state index in [1.165, 1.54) is 7.05 Å². The minimum absolute atomic E-state index is 0.177. The van der Waals surface area contributed by atoms with Crippen molar-refractivity contribution in [1.82, 2.24) is 16.0 Å². The van der Waals surface area contributed by atoms with Crippen LogP contribution < -0.4 is 16.0 Å². The molecule has 0 spiro atoms. The maximum absolute atomic E-state index is 11.7. The van der Waals surface area contributed by atoms with Crippen LogP contribution in [-0.4, -0.2) is 59.1 Å². The minimum Gasteiger partial charge on any atom is -0.481 e. The zero-order chi connectivity index (χ0) is 18.7. The molecule has 0 saturated carbocycles. The van der Waals surface area contributed by atoms with E-state index in [2.05, 4.69) is 10.5 Å². The number of carboxylic acid groups (broad SMARTS) is 2. The van der Waals surface area contributed by atoms with Crippen molar-refractivity contribution in [3.63, 3.8) is 0 Å². The van der Waals surface area contributed by atoms with Crippen molar-refractivity contribution in [1.29, 1.82) is 0 Å². The smallest absolute Gasteiger partial charge is 0.326 e. The standard InChI is InChI=1S/C12H18N4O8/c1-13-8(17)4-2-6(10(20)16-24)14-12(23)15-7(11(21)22)3-5-9(18)19/h6-7H,2-5H2,1H3,(H,13,17)(H,18,19)(H,21,22)(H2,14,15,23)/t6-,7?/m0/s1. The van der Waals surface area contributed by atoms with Gasteiger partial charge in [0.25, 0.3) is 0 Å². The summed E-state index contributed by atoms with van der Waals surface area (Å²) in [5.41, 5.74) is 0. The van der Waals surface area contributed by atoms with Gasteiger partial charge in [-0.15, -0.1) is 4.91 Å². The molecule has 0 heterocycles. The number of urea groups is 1. The van der Waals surface area contributed by atoms with Crippen LogP contribution in [0.3, 0.4) is 0 Å². The Balaban J connectivity index is 4.74. The first-order chi connectivity index (χ1) is 11.2. The van der Waals surface area contributed by atoms with Gasteiger partial charge in [-0.05, 0) is 12.8 Å². The second-order valence-corrected chi connectivity index (χ2v) is 4.63. The van der Waals surface area contributed by atoms with Crippen molar-refractivity contribution < 1.29 is 34.2 Å². The van der Waals surface area contributed by atoms with Gasteiger partial charge in [0, 0.05) is 25.1 Å². The fourth-order valence-electron chi connectivity index (χ4n) is 1.60. The molecule has 0 saturated heterocycles. The number of carbonyl (C=O) groups is 5. The summed E-state index contributed by atoms with van der Waals surface area (Å²) in [7, 11) is 1.36. The number of aliphatic carboxylic acids is 2. The van der Waals surface area contributed by atoms with Crippen LogP contribution in [0.25, 0.3) is 0 Å². The van der Waals surface area contributed by atoms with Crippen LogP contribution in [0.2, 0.25) is 0 Å². The number of carbonyl (C=O) groups excluding carboxylic acids is 3. The molecule has 12 nitrogen and oxygen atoms in total. The van der Waals surface area contributed by atoms with Gasteiger partial charge in [-0.1, -0.05) is 0 Å². The van der Waals surface area contributed by atoms with Gasteiger partial charge in [-0.25, -0.2) is 9.59 Å². The van der Waals surface area contributed by atoms with Crippen molar-refractivity contribution in [3.8, 4) is 0 Å². The molecule has 1 unspecified atom stereocenters. The van der Waals surface area contributed by atoms with Gasteiger partial charge in [0.15, 0.2) is 0 Å². The number of nitrogens with zero attached hydrogens (tertiary/aromatic N) is 1. The highest BCUT2D eigenvalue weighted by Gasteiger charge is 2.26. The normalized spacial score (nSPS) is 12.4. The number of nitroso groups, excluding NO2 is 1. The Morgan fingerprint density at radius 2 is 1.50 bits per heavy atom. The fourth-order valence-corrected chi connectivity index (χ4v) is 1.60. The predicted octanol–water partition coefficient (Wildman–Crippen LogP) is -1.21. The molecule has 0 aromatic rings. The van der Waals surface area contributed by atoms with E-state index in [4.69, 9.17) is 10.2 Å². The van der Waals surface area contributed by atoms with Gasteiger partial charge in [0.1, 0.15) is 12.1 Å².